The third-order valence-corrected chi connectivity index (χ3v) is 4.26. The molecule has 0 aliphatic carbocycles. The van der Waals surface area contributed by atoms with Gasteiger partial charge in [0.1, 0.15) is 0 Å². The molecule has 0 saturated carbocycles. The maximum absolute atomic E-state index is 5.92. The highest BCUT2D eigenvalue weighted by Crippen LogP contribution is 2.14. The lowest BCUT2D eigenvalue weighted by Gasteiger charge is -2.39. The summed E-state index contributed by atoms with van der Waals surface area (Å²) in [6, 6.07) is 2.49. The van der Waals surface area contributed by atoms with Crippen molar-refractivity contribution < 1.29 is 0 Å². The van der Waals surface area contributed by atoms with Crippen LogP contribution in [0.1, 0.15) is 17.1 Å². The van der Waals surface area contributed by atoms with Gasteiger partial charge in [0.05, 0.1) is 5.69 Å². The predicted molar refractivity (Wildman–Crippen MR) is 83.2 cm³/mol. The zero-order valence-electron chi connectivity index (χ0n) is 13.1. The Hall–Kier alpha value is -1.50. The summed E-state index contributed by atoms with van der Waals surface area (Å²) in [7, 11) is 2.15. The lowest BCUT2D eigenvalue weighted by Crippen LogP contribution is -2.54. The van der Waals surface area contributed by atoms with E-state index in [0.717, 1.165) is 43.3 Å². The smallest absolute Gasteiger partial charge is 0.234 e. The molecule has 1 atom stereocenters. The lowest BCUT2D eigenvalue weighted by atomic mass is 10.1. The van der Waals surface area contributed by atoms with E-state index in [1.54, 1.807) is 0 Å². The lowest BCUT2D eigenvalue weighted by molar-refractivity contribution is 0.0871. The summed E-state index contributed by atoms with van der Waals surface area (Å²) >= 11 is 0. The maximum Gasteiger partial charge on any atom is 0.234 e. The third-order valence-electron chi connectivity index (χ3n) is 4.26. The van der Waals surface area contributed by atoms with Crippen molar-refractivity contribution in [2.24, 2.45) is 5.73 Å². The number of imidazole rings is 1. The fourth-order valence-electron chi connectivity index (χ4n) is 3.08. The highest BCUT2D eigenvalue weighted by molar-refractivity contribution is 5.34. The van der Waals surface area contributed by atoms with Crippen LogP contribution >= 0.6 is 0 Å². The van der Waals surface area contributed by atoms with Crippen LogP contribution < -0.4 is 5.73 Å². The first-order chi connectivity index (χ1) is 10.1. The molecule has 2 aromatic heterocycles. The highest BCUT2D eigenvalue weighted by atomic mass is 15.3. The van der Waals surface area contributed by atoms with E-state index in [-0.39, 0.29) is 0 Å². The fraction of sp³-hybridized carbons (Fsp3) is 0.600. The van der Waals surface area contributed by atoms with Crippen molar-refractivity contribution in [2.75, 3.05) is 33.2 Å². The standard InChI is InChI=1S/C15H24N6/c1-11-6-12(2)21-9-13(18-15(21)17-11)8-20-5-4-19(3)10-14(20)7-16/h6,9,14H,4-5,7-8,10,16H2,1-3H3. The molecule has 1 saturated heterocycles. The van der Waals surface area contributed by atoms with Gasteiger partial charge in [-0.2, -0.15) is 0 Å². The summed E-state index contributed by atoms with van der Waals surface area (Å²) in [5.74, 6) is 0.793. The van der Waals surface area contributed by atoms with Gasteiger partial charge in [-0.05, 0) is 27.0 Å². The van der Waals surface area contributed by atoms with Crippen molar-refractivity contribution in [3.05, 3.63) is 29.3 Å². The molecular formula is C15H24N6. The van der Waals surface area contributed by atoms with Crippen molar-refractivity contribution in [3.8, 4) is 0 Å². The van der Waals surface area contributed by atoms with E-state index in [1.807, 2.05) is 6.92 Å². The van der Waals surface area contributed by atoms with Gasteiger partial charge in [-0.25, -0.2) is 9.97 Å². The van der Waals surface area contributed by atoms with E-state index < -0.39 is 0 Å². The fourth-order valence-corrected chi connectivity index (χ4v) is 3.08. The molecule has 6 heteroatoms. The molecule has 3 rings (SSSR count). The second-order valence-electron chi connectivity index (χ2n) is 6.06. The second kappa shape index (κ2) is 5.71. The summed E-state index contributed by atoms with van der Waals surface area (Å²) in [4.78, 5) is 13.9. The molecule has 0 aromatic carbocycles. The minimum Gasteiger partial charge on any atom is -0.329 e. The van der Waals surface area contributed by atoms with Crippen LogP contribution in [0.25, 0.3) is 5.78 Å². The number of hydrogen-bond donors (Lipinski definition) is 1. The molecule has 0 spiro atoms. The summed E-state index contributed by atoms with van der Waals surface area (Å²) in [5.41, 5.74) is 9.17. The van der Waals surface area contributed by atoms with Gasteiger partial charge in [0.25, 0.3) is 0 Å². The Balaban J connectivity index is 1.83. The van der Waals surface area contributed by atoms with Crippen LogP contribution in [0, 0.1) is 13.8 Å². The predicted octanol–water partition coefficient (Wildman–Crippen LogP) is 0.421. The number of nitrogens with two attached hydrogens (primary N) is 1. The van der Waals surface area contributed by atoms with Crippen molar-refractivity contribution in [1.82, 2.24) is 24.2 Å². The molecule has 114 valence electrons. The molecule has 2 aromatic rings. The van der Waals surface area contributed by atoms with E-state index in [2.05, 4.69) is 50.4 Å². The number of hydrogen-bond acceptors (Lipinski definition) is 5. The van der Waals surface area contributed by atoms with Gasteiger partial charge in [-0.3, -0.25) is 9.30 Å². The highest BCUT2D eigenvalue weighted by Gasteiger charge is 2.24. The van der Waals surface area contributed by atoms with Crippen LogP contribution in [0.5, 0.6) is 0 Å². The average Bonchev–Trinajstić information content (AvgIpc) is 2.83. The van der Waals surface area contributed by atoms with Crippen LogP contribution in [0.2, 0.25) is 0 Å². The number of aryl methyl sites for hydroxylation is 2. The molecule has 0 amide bonds. The Labute approximate surface area is 125 Å². The average molecular weight is 288 g/mol. The Morgan fingerprint density at radius 1 is 1.29 bits per heavy atom. The largest absolute Gasteiger partial charge is 0.329 e. The topological polar surface area (TPSA) is 62.7 Å². The van der Waals surface area contributed by atoms with Gasteiger partial charge in [0, 0.05) is 56.4 Å². The Morgan fingerprint density at radius 3 is 2.86 bits per heavy atom. The van der Waals surface area contributed by atoms with Crippen LogP contribution in [0.15, 0.2) is 12.3 Å². The summed E-state index contributed by atoms with van der Waals surface area (Å²) in [6.45, 7) is 8.78. The number of likely N-dealkylation sites (N-methyl/N-ethyl adjacent to an activating group) is 1. The number of rotatable bonds is 3. The van der Waals surface area contributed by atoms with Crippen LogP contribution in [0.3, 0.4) is 0 Å². The summed E-state index contributed by atoms with van der Waals surface area (Å²) < 4.78 is 2.07. The molecule has 1 fully saturated rings. The Bertz CT molecular complexity index is 634. The van der Waals surface area contributed by atoms with Gasteiger partial charge >= 0.3 is 0 Å². The Kier molecular flexibility index (Phi) is 3.93. The zero-order valence-corrected chi connectivity index (χ0v) is 13.1. The molecule has 1 aliphatic rings. The quantitative estimate of drug-likeness (QED) is 0.887. The van der Waals surface area contributed by atoms with E-state index in [4.69, 9.17) is 5.73 Å². The van der Waals surface area contributed by atoms with Crippen LogP contribution in [-0.2, 0) is 6.54 Å². The monoisotopic (exact) mass is 288 g/mol. The van der Waals surface area contributed by atoms with Crippen molar-refractivity contribution in [3.63, 3.8) is 0 Å². The molecule has 2 N–H and O–H groups in total. The van der Waals surface area contributed by atoms with E-state index in [1.165, 1.54) is 5.69 Å². The van der Waals surface area contributed by atoms with Crippen LogP contribution in [-0.4, -0.2) is 63.4 Å². The first kappa shape index (κ1) is 14.4. The summed E-state index contributed by atoms with van der Waals surface area (Å²) in [5, 5.41) is 0. The van der Waals surface area contributed by atoms with Gasteiger partial charge in [0.2, 0.25) is 5.78 Å². The first-order valence-electron chi connectivity index (χ1n) is 7.51. The minimum absolute atomic E-state index is 0.407. The number of piperazine rings is 1. The third kappa shape index (κ3) is 2.92. The van der Waals surface area contributed by atoms with E-state index in [0.29, 0.717) is 12.6 Å². The molecule has 21 heavy (non-hydrogen) atoms. The summed E-state index contributed by atoms with van der Waals surface area (Å²) in [6.07, 6.45) is 2.10. The molecule has 0 radical (unpaired) electrons. The molecule has 1 unspecified atom stereocenters. The maximum atomic E-state index is 5.92. The molecule has 0 bridgehead atoms. The molecule has 6 nitrogen and oxygen atoms in total. The van der Waals surface area contributed by atoms with E-state index >= 15 is 0 Å². The van der Waals surface area contributed by atoms with Gasteiger partial charge in [-0.1, -0.05) is 0 Å². The molecule has 3 heterocycles. The van der Waals surface area contributed by atoms with Crippen molar-refractivity contribution >= 4 is 5.78 Å². The molecule has 1 aliphatic heterocycles. The SMILES string of the molecule is Cc1cc(C)n2cc(CN3CCN(C)CC3CN)nc2n1. The van der Waals surface area contributed by atoms with Gasteiger partial charge < -0.3 is 10.6 Å². The number of aromatic nitrogens is 3. The van der Waals surface area contributed by atoms with Crippen molar-refractivity contribution in [2.45, 2.75) is 26.4 Å². The Morgan fingerprint density at radius 2 is 2.10 bits per heavy atom. The normalized spacial score (nSPS) is 21.2. The van der Waals surface area contributed by atoms with Gasteiger partial charge in [-0.15, -0.1) is 0 Å². The van der Waals surface area contributed by atoms with E-state index in [9.17, 15) is 0 Å². The zero-order chi connectivity index (χ0) is 15.0. The van der Waals surface area contributed by atoms with Gasteiger partial charge in [0.15, 0.2) is 0 Å². The first-order valence-corrected chi connectivity index (χ1v) is 7.51. The second-order valence-corrected chi connectivity index (χ2v) is 6.06. The van der Waals surface area contributed by atoms with Crippen LogP contribution in [0.4, 0.5) is 0 Å². The number of nitrogens with zero attached hydrogens (tertiary/aromatic N) is 5. The number of fused-ring (bicyclic) bond motifs is 1. The molecular weight excluding hydrogens is 264 g/mol. The minimum atomic E-state index is 0.407. The van der Waals surface area contributed by atoms with Crippen molar-refractivity contribution in [1.29, 1.82) is 0 Å².